The lowest BCUT2D eigenvalue weighted by molar-refractivity contribution is -0.0313. The van der Waals surface area contributed by atoms with Crippen molar-refractivity contribution in [1.82, 2.24) is 14.9 Å². The first-order valence-electron chi connectivity index (χ1n) is 7.68. The van der Waals surface area contributed by atoms with Crippen molar-refractivity contribution in [2.24, 2.45) is 0 Å². The number of methoxy groups -OCH3 is 1. The molecule has 0 bridgehead atoms. The number of morpholine rings is 1. The van der Waals surface area contributed by atoms with E-state index >= 15 is 0 Å². The zero-order valence-corrected chi connectivity index (χ0v) is 13.2. The minimum atomic E-state index is 0.0395. The molecule has 0 spiro atoms. The van der Waals surface area contributed by atoms with Gasteiger partial charge in [0.1, 0.15) is 5.75 Å². The maximum Gasteiger partial charge on any atom is 0.162 e. The van der Waals surface area contributed by atoms with Crippen molar-refractivity contribution in [1.29, 1.82) is 0 Å². The second-order valence-corrected chi connectivity index (χ2v) is 5.50. The van der Waals surface area contributed by atoms with Crippen molar-refractivity contribution in [3.05, 3.63) is 42.2 Å². The third-order valence-electron chi connectivity index (χ3n) is 4.00. The van der Waals surface area contributed by atoms with Crippen LogP contribution in [0.25, 0.3) is 11.4 Å². The van der Waals surface area contributed by atoms with E-state index in [0.29, 0.717) is 25.6 Å². The molecule has 3 rings (SSSR count). The molecule has 0 aliphatic carbocycles. The molecular formula is C17H21N3O3. The first-order valence-corrected chi connectivity index (χ1v) is 7.68. The van der Waals surface area contributed by atoms with E-state index < -0.39 is 0 Å². The molecule has 1 aromatic heterocycles. The van der Waals surface area contributed by atoms with Gasteiger partial charge >= 0.3 is 0 Å². The molecule has 1 fully saturated rings. The largest absolute Gasteiger partial charge is 0.496 e. The van der Waals surface area contributed by atoms with Gasteiger partial charge < -0.3 is 14.6 Å². The second kappa shape index (κ2) is 7.50. The normalized spacial score (nSPS) is 18.8. The number of aliphatic hydroxyl groups excluding tert-OH is 1. The highest BCUT2D eigenvalue weighted by atomic mass is 16.5. The Hall–Kier alpha value is -2.02. The molecule has 23 heavy (non-hydrogen) atoms. The Labute approximate surface area is 135 Å². The van der Waals surface area contributed by atoms with Gasteiger partial charge in [-0.3, -0.25) is 4.90 Å². The Morgan fingerprint density at radius 3 is 2.83 bits per heavy atom. The number of benzene rings is 1. The van der Waals surface area contributed by atoms with E-state index in [1.807, 2.05) is 36.7 Å². The number of rotatable bonds is 5. The number of ether oxygens (including phenoxy) is 2. The number of para-hydroxylation sites is 1. The van der Waals surface area contributed by atoms with Crippen LogP contribution in [0.4, 0.5) is 0 Å². The van der Waals surface area contributed by atoms with Gasteiger partial charge in [-0.15, -0.1) is 0 Å². The third-order valence-corrected chi connectivity index (χ3v) is 4.00. The molecule has 1 aromatic carbocycles. The van der Waals surface area contributed by atoms with Crippen LogP contribution in [0.2, 0.25) is 0 Å². The summed E-state index contributed by atoms with van der Waals surface area (Å²) < 4.78 is 10.7. The van der Waals surface area contributed by atoms with Gasteiger partial charge in [0.05, 0.1) is 38.5 Å². The lowest BCUT2D eigenvalue weighted by atomic mass is 10.1. The fourth-order valence-electron chi connectivity index (χ4n) is 2.70. The van der Waals surface area contributed by atoms with Gasteiger partial charge in [0.25, 0.3) is 0 Å². The Bertz CT molecular complexity index is 633. The van der Waals surface area contributed by atoms with Crippen molar-refractivity contribution in [2.75, 3.05) is 33.5 Å². The summed E-state index contributed by atoms with van der Waals surface area (Å²) in [5.41, 5.74) is 1.89. The zero-order chi connectivity index (χ0) is 16.1. The van der Waals surface area contributed by atoms with Crippen LogP contribution in [-0.4, -0.2) is 59.5 Å². The predicted molar refractivity (Wildman–Crippen MR) is 86.1 cm³/mol. The minimum Gasteiger partial charge on any atom is -0.496 e. The molecule has 1 unspecified atom stereocenters. The van der Waals surface area contributed by atoms with E-state index in [1.54, 1.807) is 7.11 Å². The third kappa shape index (κ3) is 3.67. The highest BCUT2D eigenvalue weighted by Gasteiger charge is 2.22. The first kappa shape index (κ1) is 15.9. The summed E-state index contributed by atoms with van der Waals surface area (Å²) in [6.45, 7) is 2.87. The Morgan fingerprint density at radius 1 is 1.30 bits per heavy atom. The summed E-state index contributed by atoms with van der Waals surface area (Å²) in [4.78, 5) is 11.1. The average molecular weight is 315 g/mol. The molecule has 1 saturated heterocycles. The SMILES string of the molecule is COc1ccccc1-c1ncc(CN2CCOCC2CO)cn1. The van der Waals surface area contributed by atoms with Crippen LogP contribution >= 0.6 is 0 Å². The maximum absolute atomic E-state index is 9.42. The Morgan fingerprint density at radius 2 is 2.09 bits per heavy atom. The Balaban J connectivity index is 1.74. The topological polar surface area (TPSA) is 67.7 Å². The zero-order valence-electron chi connectivity index (χ0n) is 13.2. The van der Waals surface area contributed by atoms with Crippen molar-refractivity contribution >= 4 is 0 Å². The number of nitrogens with zero attached hydrogens (tertiary/aromatic N) is 3. The molecule has 2 aromatic rings. The van der Waals surface area contributed by atoms with Gasteiger partial charge in [-0.2, -0.15) is 0 Å². The van der Waals surface area contributed by atoms with Gasteiger partial charge in [0.2, 0.25) is 0 Å². The molecular weight excluding hydrogens is 294 g/mol. The molecule has 1 aliphatic rings. The lowest BCUT2D eigenvalue weighted by Crippen LogP contribution is -2.46. The second-order valence-electron chi connectivity index (χ2n) is 5.50. The molecule has 0 radical (unpaired) electrons. The van der Waals surface area contributed by atoms with E-state index in [0.717, 1.165) is 23.4 Å². The monoisotopic (exact) mass is 315 g/mol. The highest BCUT2D eigenvalue weighted by Crippen LogP contribution is 2.26. The molecule has 0 saturated carbocycles. The van der Waals surface area contributed by atoms with Crippen molar-refractivity contribution in [3.8, 4) is 17.1 Å². The van der Waals surface area contributed by atoms with Crippen molar-refractivity contribution in [2.45, 2.75) is 12.6 Å². The van der Waals surface area contributed by atoms with Gasteiger partial charge in [0, 0.05) is 31.0 Å². The van der Waals surface area contributed by atoms with E-state index in [-0.39, 0.29) is 12.6 Å². The van der Waals surface area contributed by atoms with Gasteiger partial charge in [-0.1, -0.05) is 12.1 Å². The van der Waals surface area contributed by atoms with Gasteiger partial charge in [-0.05, 0) is 12.1 Å². The predicted octanol–water partition coefficient (Wildman–Crippen LogP) is 1.35. The average Bonchev–Trinajstić information content (AvgIpc) is 2.63. The molecule has 122 valence electrons. The van der Waals surface area contributed by atoms with Crippen LogP contribution in [-0.2, 0) is 11.3 Å². The summed E-state index contributed by atoms with van der Waals surface area (Å²) in [7, 11) is 1.64. The van der Waals surface area contributed by atoms with E-state index in [9.17, 15) is 5.11 Å². The Kier molecular flexibility index (Phi) is 5.17. The summed E-state index contributed by atoms with van der Waals surface area (Å²) in [6, 6.07) is 7.74. The van der Waals surface area contributed by atoms with Gasteiger partial charge in [-0.25, -0.2) is 9.97 Å². The van der Waals surface area contributed by atoms with E-state index in [4.69, 9.17) is 9.47 Å². The smallest absolute Gasteiger partial charge is 0.162 e. The van der Waals surface area contributed by atoms with E-state index in [2.05, 4.69) is 14.9 Å². The fourth-order valence-corrected chi connectivity index (χ4v) is 2.70. The van der Waals surface area contributed by atoms with Crippen molar-refractivity contribution in [3.63, 3.8) is 0 Å². The molecule has 1 N–H and O–H groups in total. The minimum absolute atomic E-state index is 0.0395. The molecule has 1 aliphatic heterocycles. The van der Waals surface area contributed by atoms with E-state index in [1.165, 1.54) is 0 Å². The molecule has 6 nitrogen and oxygen atoms in total. The van der Waals surface area contributed by atoms with Crippen LogP contribution in [0.15, 0.2) is 36.7 Å². The summed E-state index contributed by atoms with van der Waals surface area (Å²) in [5, 5.41) is 9.42. The summed E-state index contributed by atoms with van der Waals surface area (Å²) in [5.74, 6) is 1.40. The quantitative estimate of drug-likeness (QED) is 0.898. The number of hydrogen-bond donors (Lipinski definition) is 1. The number of hydrogen-bond acceptors (Lipinski definition) is 6. The molecule has 0 amide bonds. The summed E-state index contributed by atoms with van der Waals surface area (Å²) in [6.07, 6.45) is 3.66. The first-order chi connectivity index (χ1) is 11.3. The lowest BCUT2D eigenvalue weighted by Gasteiger charge is -2.34. The van der Waals surface area contributed by atoms with Crippen LogP contribution < -0.4 is 4.74 Å². The highest BCUT2D eigenvalue weighted by molar-refractivity contribution is 5.63. The number of aromatic nitrogens is 2. The number of aliphatic hydroxyl groups is 1. The molecule has 6 heteroatoms. The standard InChI is InChI=1S/C17H21N3O3/c1-22-16-5-3-2-4-15(16)17-18-8-13(9-19-17)10-20-6-7-23-12-14(20)11-21/h2-5,8-9,14,21H,6-7,10-12H2,1H3. The maximum atomic E-state index is 9.42. The van der Waals surface area contributed by atoms with Gasteiger partial charge in [0.15, 0.2) is 5.82 Å². The summed E-state index contributed by atoms with van der Waals surface area (Å²) >= 11 is 0. The van der Waals surface area contributed by atoms with Crippen LogP contribution in [0.1, 0.15) is 5.56 Å². The van der Waals surface area contributed by atoms with Crippen LogP contribution in [0, 0.1) is 0 Å². The van der Waals surface area contributed by atoms with Crippen molar-refractivity contribution < 1.29 is 14.6 Å². The van der Waals surface area contributed by atoms with Crippen LogP contribution in [0.5, 0.6) is 5.75 Å². The fraction of sp³-hybridized carbons (Fsp3) is 0.412. The molecule has 2 heterocycles. The van der Waals surface area contributed by atoms with Crippen LogP contribution in [0.3, 0.4) is 0 Å². The molecule has 1 atom stereocenters.